The van der Waals surface area contributed by atoms with Gasteiger partial charge in [0.05, 0.1) is 5.92 Å². The van der Waals surface area contributed by atoms with Gasteiger partial charge in [-0.2, -0.15) is 0 Å². The summed E-state index contributed by atoms with van der Waals surface area (Å²) in [5.41, 5.74) is 4.85. The van der Waals surface area contributed by atoms with Crippen molar-refractivity contribution in [2.45, 2.75) is 26.9 Å². The fraction of sp³-hybridized carbons (Fsp3) is 0.231. The van der Waals surface area contributed by atoms with Crippen molar-refractivity contribution in [2.75, 3.05) is 16.8 Å². The van der Waals surface area contributed by atoms with E-state index in [1.54, 1.807) is 4.90 Å². The van der Waals surface area contributed by atoms with Crippen LogP contribution in [0.15, 0.2) is 72.8 Å². The lowest BCUT2D eigenvalue weighted by atomic mass is 10.1. The molecular weight excluding hydrogens is 388 g/mol. The Balaban J connectivity index is 1.34. The van der Waals surface area contributed by atoms with Crippen LogP contribution in [-0.4, -0.2) is 18.4 Å². The van der Waals surface area contributed by atoms with Gasteiger partial charge in [-0.15, -0.1) is 0 Å². The second kappa shape index (κ2) is 9.04. The molecule has 2 amide bonds. The minimum absolute atomic E-state index is 0.0187. The first-order valence-electron chi connectivity index (χ1n) is 10.4. The van der Waals surface area contributed by atoms with Gasteiger partial charge < -0.3 is 15.0 Å². The van der Waals surface area contributed by atoms with Crippen LogP contribution < -0.4 is 15.0 Å². The standard InChI is InChI=1S/C26H26N2O3/c1-18-12-19(2)14-23(13-18)28-16-21(15-25(28)29)26(30)27-22-8-10-24(11-9-22)31-17-20-6-4-3-5-7-20/h3-14,21H,15-17H2,1-2H3,(H,27,30). The number of aryl methyl sites for hydroxylation is 2. The molecule has 1 aliphatic rings. The number of rotatable bonds is 6. The van der Waals surface area contributed by atoms with Gasteiger partial charge in [-0.05, 0) is 66.9 Å². The normalized spacial score (nSPS) is 15.7. The lowest BCUT2D eigenvalue weighted by Crippen LogP contribution is -2.28. The Morgan fingerprint density at radius 1 is 1.00 bits per heavy atom. The van der Waals surface area contributed by atoms with Gasteiger partial charge in [0.1, 0.15) is 12.4 Å². The van der Waals surface area contributed by atoms with Crippen molar-refractivity contribution in [2.24, 2.45) is 5.92 Å². The number of carbonyl (C=O) groups excluding carboxylic acids is 2. The summed E-state index contributed by atoms with van der Waals surface area (Å²) in [5, 5.41) is 2.93. The zero-order valence-electron chi connectivity index (χ0n) is 17.8. The molecule has 1 saturated heterocycles. The molecular formula is C26H26N2O3. The Morgan fingerprint density at radius 2 is 1.68 bits per heavy atom. The third kappa shape index (κ3) is 5.12. The van der Waals surface area contributed by atoms with Crippen LogP contribution in [-0.2, 0) is 16.2 Å². The minimum Gasteiger partial charge on any atom is -0.489 e. The third-order valence-electron chi connectivity index (χ3n) is 5.38. The highest BCUT2D eigenvalue weighted by Crippen LogP contribution is 2.28. The smallest absolute Gasteiger partial charge is 0.229 e. The molecule has 5 heteroatoms. The van der Waals surface area contributed by atoms with E-state index in [1.165, 1.54) is 0 Å². The van der Waals surface area contributed by atoms with Crippen molar-refractivity contribution in [3.8, 4) is 5.75 Å². The van der Waals surface area contributed by atoms with Crippen molar-refractivity contribution in [1.82, 2.24) is 0 Å². The highest BCUT2D eigenvalue weighted by Gasteiger charge is 2.35. The molecule has 0 aromatic heterocycles. The summed E-state index contributed by atoms with van der Waals surface area (Å²) in [5.74, 6) is 0.203. The summed E-state index contributed by atoms with van der Waals surface area (Å²) >= 11 is 0. The first kappa shape index (κ1) is 20.7. The molecule has 3 aromatic rings. The monoisotopic (exact) mass is 414 g/mol. The van der Waals surface area contributed by atoms with E-state index < -0.39 is 0 Å². The van der Waals surface area contributed by atoms with E-state index in [0.29, 0.717) is 18.8 Å². The van der Waals surface area contributed by atoms with Crippen molar-refractivity contribution in [3.05, 3.63) is 89.5 Å². The number of amides is 2. The zero-order chi connectivity index (χ0) is 21.8. The molecule has 5 nitrogen and oxygen atoms in total. The fourth-order valence-corrected chi connectivity index (χ4v) is 3.86. The number of nitrogens with zero attached hydrogens (tertiary/aromatic N) is 1. The van der Waals surface area contributed by atoms with Crippen molar-refractivity contribution < 1.29 is 14.3 Å². The van der Waals surface area contributed by atoms with Crippen LogP contribution in [0.2, 0.25) is 0 Å². The summed E-state index contributed by atoms with van der Waals surface area (Å²) in [4.78, 5) is 27.0. The highest BCUT2D eigenvalue weighted by molar-refractivity contribution is 6.03. The van der Waals surface area contributed by atoms with E-state index in [0.717, 1.165) is 28.1 Å². The van der Waals surface area contributed by atoms with Crippen molar-refractivity contribution >= 4 is 23.2 Å². The number of hydrogen-bond donors (Lipinski definition) is 1. The Hall–Kier alpha value is -3.60. The van der Waals surface area contributed by atoms with Gasteiger partial charge in [0.15, 0.2) is 0 Å². The van der Waals surface area contributed by atoms with Crippen LogP contribution in [0.5, 0.6) is 5.75 Å². The average molecular weight is 415 g/mol. The van der Waals surface area contributed by atoms with E-state index in [1.807, 2.05) is 80.6 Å². The first-order chi connectivity index (χ1) is 15.0. The van der Waals surface area contributed by atoms with Gasteiger partial charge in [0.25, 0.3) is 0 Å². The van der Waals surface area contributed by atoms with E-state index in [9.17, 15) is 9.59 Å². The molecule has 158 valence electrons. The number of benzene rings is 3. The Kier molecular flexibility index (Phi) is 6.03. The van der Waals surface area contributed by atoms with Gasteiger partial charge >= 0.3 is 0 Å². The molecule has 1 heterocycles. The number of ether oxygens (including phenoxy) is 1. The summed E-state index contributed by atoms with van der Waals surface area (Å²) in [6.07, 6.45) is 0.219. The molecule has 3 aromatic carbocycles. The molecule has 0 radical (unpaired) electrons. The topological polar surface area (TPSA) is 58.6 Å². The average Bonchev–Trinajstić information content (AvgIpc) is 3.15. The number of anilines is 2. The Morgan fingerprint density at radius 3 is 2.35 bits per heavy atom. The highest BCUT2D eigenvalue weighted by atomic mass is 16.5. The lowest BCUT2D eigenvalue weighted by molar-refractivity contribution is -0.122. The number of hydrogen-bond acceptors (Lipinski definition) is 3. The van der Waals surface area contributed by atoms with Crippen LogP contribution in [0.3, 0.4) is 0 Å². The van der Waals surface area contributed by atoms with Gasteiger partial charge in [0, 0.05) is 24.3 Å². The van der Waals surface area contributed by atoms with Crippen LogP contribution in [0.4, 0.5) is 11.4 Å². The van der Waals surface area contributed by atoms with Gasteiger partial charge in [-0.3, -0.25) is 9.59 Å². The summed E-state index contributed by atoms with van der Waals surface area (Å²) in [6, 6.07) is 23.3. The molecule has 1 aliphatic heterocycles. The Bertz CT molecular complexity index is 1060. The molecule has 31 heavy (non-hydrogen) atoms. The van der Waals surface area contributed by atoms with Crippen LogP contribution in [0.25, 0.3) is 0 Å². The second-order valence-corrected chi connectivity index (χ2v) is 8.04. The van der Waals surface area contributed by atoms with Gasteiger partial charge in [0.2, 0.25) is 11.8 Å². The number of carbonyl (C=O) groups is 2. The summed E-state index contributed by atoms with van der Waals surface area (Å²) < 4.78 is 5.78. The van der Waals surface area contributed by atoms with Crippen LogP contribution in [0, 0.1) is 19.8 Å². The number of nitrogens with one attached hydrogen (secondary N) is 1. The molecule has 0 spiro atoms. The molecule has 1 atom stereocenters. The third-order valence-corrected chi connectivity index (χ3v) is 5.38. The predicted octanol–water partition coefficient (Wildman–Crippen LogP) is 4.87. The summed E-state index contributed by atoms with van der Waals surface area (Å²) in [6.45, 7) is 4.90. The molecule has 1 N–H and O–H groups in total. The van der Waals surface area contributed by atoms with E-state index in [4.69, 9.17) is 4.74 Å². The largest absolute Gasteiger partial charge is 0.489 e. The lowest BCUT2D eigenvalue weighted by Gasteiger charge is -2.18. The zero-order valence-corrected chi connectivity index (χ0v) is 17.8. The van der Waals surface area contributed by atoms with E-state index in [-0.39, 0.29) is 24.2 Å². The van der Waals surface area contributed by atoms with Crippen LogP contribution in [0.1, 0.15) is 23.1 Å². The molecule has 1 fully saturated rings. The maximum absolute atomic E-state index is 12.7. The molecule has 0 aliphatic carbocycles. The van der Waals surface area contributed by atoms with Crippen LogP contribution >= 0.6 is 0 Å². The molecule has 4 rings (SSSR count). The molecule has 0 bridgehead atoms. The fourth-order valence-electron chi connectivity index (χ4n) is 3.86. The second-order valence-electron chi connectivity index (χ2n) is 8.04. The maximum Gasteiger partial charge on any atom is 0.229 e. The predicted molar refractivity (Wildman–Crippen MR) is 122 cm³/mol. The maximum atomic E-state index is 12.7. The quantitative estimate of drug-likeness (QED) is 0.626. The SMILES string of the molecule is Cc1cc(C)cc(N2CC(C(=O)Nc3ccc(OCc4ccccc4)cc3)CC2=O)c1. The van der Waals surface area contributed by atoms with Gasteiger partial charge in [-0.25, -0.2) is 0 Å². The summed E-state index contributed by atoms with van der Waals surface area (Å²) in [7, 11) is 0. The van der Waals surface area contributed by atoms with E-state index in [2.05, 4.69) is 11.4 Å². The first-order valence-corrected chi connectivity index (χ1v) is 10.4. The van der Waals surface area contributed by atoms with E-state index >= 15 is 0 Å². The van der Waals surface area contributed by atoms with Crippen molar-refractivity contribution in [1.29, 1.82) is 0 Å². The minimum atomic E-state index is -0.373. The molecule has 0 saturated carbocycles. The Labute approximate surface area is 182 Å². The van der Waals surface area contributed by atoms with Gasteiger partial charge in [-0.1, -0.05) is 36.4 Å². The van der Waals surface area contributed by atoms with Crippen molar-refractivity contribution in [3.63, 3.8) is 0 Å². The molecule has 1 unspecified atom stereocenters.